The summed E-state index contributed by atoms with van der Waals surface area (Å²) in [6.07, 6.45) is 0. The van der Waals surface area contributed by atoms with Crippen molar-refractivity contribution in [1.29, 1.82) is 0 Å². The predicted molar refractivity (Wildman–Crippen MR) is 72.8 cm³/mol. The number of hydrogen-bond acceptors (Lipinski definition) is 3. The van der Waals surface area contributed by atoms with E-state index in [9.17, 15) is 0 Å². The zero-order chi connectivity index (χ0) is 11.1. The summed E-state index contributed by atoms with van der Waals surface area (Å²) in [5.41, 5.74) is 7.00. The molecule has 0 aliphatic rings. The second-order valence-electron chi connectivity index (χ2n) is 3.40. The molecule has 1 atom stereocenters. The molecular formula is C12H19NS2. The van der Waals surface area contributed by atoms with Crippen LogP contribution in [0, 0.1) is 0 Å². The van der Waals surface area contributed by atoms with Crippen LogP contribution in [0.4, 0.5) is 0 Å². The van der Waals surface area contributed by atoms with E-state index in [1.807, 2.05) is 30.4 Å². The molecule has 3 heteroatoms. The van der Waals surface area contributed by atoms with E-state index in [0.717, 1.165) is 0 Å². The molecule has 84 valence electrons. The lowest BCUT2D eigenvalue weighted by Crippen LogP contribution is -2.04. The predicted octanol–water partition coefficient (Wildman–Crippen LogP) is 3.55. The second-order valence-corrected chi connectivity index (χ2v) is 5.97. The van der Waals surface area contributed by atoms with Crippen LogP contribution in [-0.4, -0.2) is 17.3 Å². The van der Waals surface area contributed by atoms with Crippen LogP contribution in [0.3, 0.4) is 0 Å². The smallest absolute Gasteiger partial charge is 0.0266 e. The fourth-order valence-corrected chi connectivity index (χ4v) is 2.89. The van der Waals surface area contributed by atoms with Gasteiger partial charge in [0.05, 0.1) is 0 Å². The van der Waals surface area contributed by atoms with Crippen molar-refractivity contribution in [2.45, 2.75) is 24.8 Å². The summed E-state index contributed by atoms with van der Waals surface area (Å²) in [6, 6.07) is 8.72. The summed E-state index contributed by atoms with van der Waals surface area (Å²) in [5.74, 6) is 3.64. The standard InChI is InChI=1S/C12H19NS2/c1-3-14-8-9-15-12-6-4-11(5-7-12)10(2)13/h4-7,10H,3,8-9,13H2,1-2H3. The van der Waals surface area contributed by atoms with Crippen LogP contribution >= 0.6 is 23.5 Å². The molecule has 0 heterocycles. The average molecular weight is 241 g/mol. The van der Waals surface area contributed by atoms with Crippen LogP contribution in [-0.2, 0) is 0 Å². The van der Waals surface area contributed by atoms with Gasteiger partial charge in [0.1, 0.15) is 0 Å². The molecule has 1 rings (SSSR count). The van der Waals surface area contributed by atoms with E-state index in [2.05, 4.69) is 31.2 Å². The van der Waals surface area contributed by atoms with E-state index >= 15 is 0 Å². The highest BCUT2D eigenvalue weighted by Gasteiger charge is 1.99. The molecule has 15 heavy (non-hydrogen) atoms. The lowest BCUT2D eigenvalue weighted by Gasteiger charge is -2.06. The highest BCUT2D eigenvalue weighted by Crippen LogP contribution is 2.21. The summed E-state index contributed by atoms with van der Waals surface area (Å²) in [7, 11) is 0. The van der Waals surface area contributed by atoms with E-state index in [-0.39, 0.29) is 6.04 Å². The van der Waals surface area contributed by atoms with Crippen molar-refractivity contribution in [2.24, 2.45) is 5.73 Å². The van der Waals surface area contributed by atoms with Gasteiger partial charge in [0.2, 0.25) is 0 Å². The lowest BCUT2D eigenvalue weighted by atomic mass is 10.1. The Balaban J connectivity index is 2.36. The SMILES string of the molecule is CCSCCSc1ccc(C(C)N)cc1. The molecule has 0 spiro atoms. The van der Waals surface area contributed by atoms with Crippen molar-refractivity contribution >= 4 is 23.5 Å². The van der Waals surface area contributed by atoms with Crippen molar-refractivity contribution < 1.29 is 0 Å². The molecule has 0 fully saturated rings. The Bertz CT molecular complexity index is 269. The van der Waals surface area contributed by atoms with Gasteiger partial charge in [-0.1, -0.05) is 19.1 Å². The molecule has 0 saturated carbocycles. The Morgan fingerprint density at radius 1 is 1.20 bits per heavy atom. The first-order chi connectivity index (χ1) is 7.24. The van der Waals surface area contributed by atoms with E-state index in [4.69, 9.17) is 5.73 Å². The fourth-order valence-electron chi connectivity index (χ4n) is 1.23. The summed E-state index contributed by atoms with van der Waals surface area (Å²) < 4.78 is 0. The molecule has 1 unspecified atom stereocenters. The van der Waals surface area contributed by atoms with Crippen LogP contribution < -0.4 is 5.73 Å². The maximum absolute atomic E-state index is 5.79. The molecule has 0 aliphatic heterocycles. The van der Waals surface area contributed by atoms with Gasteiger partial charge in [-0.15, -0.1) is 11.8 Å². The third-order valence-corrected chi connectivity index (χ3v) is 4.28. The Morgan fingerprint density at radius 2 is 1.87 bits per heavy atom. The van der Waals surface area contributed by atoms with Crippen LogP contribution in [0.15, 0.2) is 29.2 Å². The number of rotatable bonds is 6. The highest BCUT2D eigenvalue weighted by atomic mass is 32.2. The first-order valence-corrected chi connectivity index (χ1v) is 7.44. The lowest BCUT2D eigenvalue weighted by molar-refractivity contribution is 0.817. The first kappa shape index (κ1) is 12.9. The van der Waals surface area contributed by atoms with Gasteiger partial charge >= 0.3 is 0 Å². The minimum Gasteiger partial charge on any atom is -0.324 e. The van der Waals surface area contributed by atoms with Crippen molar-refractivity contribution in [2.75, 3.05) is 17.3 Å². The van der Waals surface area contributed by atoms with Crippen LogP contribution in [0.2, 0.25) is 0 Å². The Morgan fingerprint density at radius 3 is 2.40 bits per heavy atom. The number of thioether (sulfide) groups is 2. The van der Waals surface area contributed by atoms with Crippen LogP contribution in [0.5, 0.6) is 0 Å². The Labute approximate surface area is 101 Å². The zero-order valence-electron chi connectivity index (χ0n) is 9.40. The van der Waals surface area contributed by atoms with Crippen LogP contribution in [0.25, 0.3) is 0 Å². The van der Waals surface area contributed by atoms with Crippen molar-refractivity contribution in [1.82, 2.24) is 0 Å². The fraction of sp³-hybridized carbons (Fsp3) is 0.500. The molecule has 0 bridgehead atoms. The molecule has 0 aliphatic carbocycles. The molecule has 0 aromatic heterocycles. The van der Waals surface area contributed by atoms with Crippen LogP contribution in [0.1, 0.15) is 25.5 Å². The number of benzene rings is 1. The maximum Gasteiger partial charge on any atom is 0.0266 e. The zero-order valence-corrected chi connectivity index (χ0v) is 11.0. The molecule has 0 amide bonds. The van der Waals surface area contributed by atoms with Crippen molar-refractivity contribution in [3.8, 4) is 0 Å². The maximum atomic E-state index is 5.79. The molecule has 1 nitrogen and oxygen atoms in total. The van der Waals surface area contributed by atoms with Gasteiger partial charge in [-0.05, 0) is 30.4 Å². The quantitative estimate of drug-likeness (QED) is 0.609. The molecular weight excluding hydrogens is 222 g/mol. The summed E-state index contributed by atoms with van der Waals surface area (Å²) in [6.45, 7) is 4.22. The van der Waals surface area contributed by atoms with E-state index in [0.29, 0.717) is 0 Å². The monoisotopic (exact) mass is 241 g/mol. The van der Waals surface area contributed by atoms with E-state index < -0.39 is 0 Å². The minimum atomic E-state index is 0.139. The minimum absolute atomic E-state index is 0.139. The van der Waals surface area contributed by atoms with Gasteiger partial charge in [-0.3, -0.25) is 0 Å². The largest absolute Gasteiger partial charge is 0.324 e. The normalized spacial score (nSPS) is 12.7. The van der Waals surface area contributed by atoms with Crippen molar-refractivity contribution in [3.63, 3.8) is 0 Å². The average Bonchev–Trinajstić information content (AvgIpc) is 2.25. The van der Waals surface area contributed by atoms with Crippen molar-refractivity contribution in [3.05, 3.63) is 29.8 Å². The van der Waals surface area contributed by atoms with E-state index in [1.54, 1.807) is 0 Å². The number of hydrogen-bond donors (Lipinski definition) is 1. The van der Waals surface area contributed by atoms with Gasteiger partial charge in [0.25, 0.3) is 0 Å². The third-order valence-electron chi connectivity index (χ3n) is 2.11. The summed E-state index contributed by atoms with van der Waals surface area (Å²) >= 11 is 3.91. The summed E-state index contributed by atoms with van der Waals surface area (Å²) in [5, 5.41) is 0. The molecule has 0 radical (unpaired) electrons. The third kappa shape index (κ3) is 4.96. The molecule has 1 aromatic rings. The van der Waals surface area contributed by atoms with Gasteiger partial charge < -0.3 is 5.73 Å². The molecule has 0 saturated heterocycles. The Hall–Kier alpha value is -0.120. The molecule has 1 aromatic carbocycles. The summed E-state index contributed by atoms with van der Waals surface area (Å²) in [4.78, 5) is 1.34. The van der Waals surface area contributed by atoms with Gasteiger partial charge in [0, 0.05) is 22.4 Å². The highest BCUT2D eigenvalue weighted by molar-refractivity contribution is 8.02. The first-order valence-electron chi connectivity index (χ1n) is 5.30. The molecule has 2 N–H and O–H groups in total. The van der Waals surface area contributed by atoms with E-state index in [1.165, 1.54) is 27.7 Å². The Kier molecular flexibility index (Phi) is 6.22. The topological polar surface area (TPSA) is 26.0 Å². The van der Waals surface area contributed by atoms with Gasteiger partial charge in [-0.25, -0.2) is 0 Å². The number of nitrogens with two attached hydrogens (primary N) is 1. The van der Waals surface area contributed by atoms with Gasteiger partial charge in [0.15, 0.2) is 0 Å². The van der Waals surface area contributed by atoms with Gasteiger partial charge in [-0.2, -0.15) is 11.8 Å². The second kappa shape index (κ2) is 7.20.